The largest absolute Gasteiger partial charge is 0.507 e. The summed E-state index contributed by atoms with van der Waals surface area (Å²) in [5, 5.41) is 9.72. The van der Waals surface area contributed by atoms with Gasteiger partial charge in [-0.3, -0.25) is 4.79 Å². The lowest BCUT2D eigenvalue weighted by molar-refractivity contribution is 0.0676. The van der Waals surface area contributed by atoms with Crippen LogP contribution in [0.2, 0.25) is 0 Å². The van der Waals surface area contributed by atoms with Crippen molar-refractivity contribution in [1.29, 1.82) is 0 Å². The van der Waals surface area contributed by atoms with Crippen LogP contribution in [0.5, 0.6) is 5.75 Å². The van der Waals surface area contributed by atoms with Crippen LogP contribution in [0, 0.1) is 5.92 Å². The average molecular weight is 247 g/mol. The minimum absolute atomic E-state index is 0.0681. The zero-order chi connectivity index (χ0) is 13.1. The van der Waals surface area contributed by atoms with E-state index >= 15 is 0 Å². The van der Waals surface area contributed by atoms with E-state index in [1.807, 2.05) is 7.05 Å². The standard InChI is InChI=1S/C15H21NO2/c1-11-7-9-12(10-8-11)16(2)15(18)13-5-3-4-6-14(13)17/h3-6,11-12,17H,7-10H2,1-2H3. The van der Waals surface area contributed by atoms with Crippen LogP contribution in [-0.2, 0) is 0 Å². The molecule has 1 N–H and O–H groups in total. The highest BCUT2D eigenvalue weighted by molar-refractivity contribution is 5.96. The van der Waals surface area contributed by atoms with Gasteiger partial charge in [0.2, 0.25) is 0 Å². The number of phenols is 1. The number of aromatic hydroxyl groups is 1. The molecule has 0 aliphatic heterocycles. The minimum Gasteiger partial charge on any atom is -0.507 e. The lowest BCUT2D eigenvalue weighted by Crippen LogP contribution is -2.39. The Kier molecular flexibility index (Phi) is 3.90. The second-order valence-electron chi connectivity index (χ2n) is 5.35. The molecule has 0 heterocycles. The van der Waals surface area contributed by atoms with Gasteiger partial charge in [-0.25, -0.2) is 0 Å². The summed E-state index contributed by atoms with van der Waals surface area (Å²) in [7, 11) is 1.84. The third-order valence-electron chi connectivity index (χ3n) is 3.99. The van der Waals surface area contributed by atoms with Crippen molar-refractivity contribution in [1.82, 2.24) is 4.90 Å². The Balaban J connectivity index is 2.07. The number of carbonyl (C=O) groups excluding carboxylic acids is 1. The molecular formula is C15H21NO2. The molecule has 0 atom stereocenters. The monoisotopic (exact) mass is 247 g/mol. The van der Waals surface area contributed by atoms with Gasteiger partial charge in [-0.05, 0) is 43.7 Å². The molecule has 1 aliphatic rings. The fraction of sp³-hybridized carbons (Fsp3) is 0.533. The van der Waals surface area contributed by atoms with Gasteiger partial charge >= 0.3 is 0 Å². The van der Waals surface area contributed by atoms with E-state index in [2.05, 4.69) is 6.92 Å². The highest BCUT2D eigenvalue weighted by Gasteiger charge is 2.26. The summed E-state index contributed by atoms with van der Waals surface area (Å²) in [5.41, 5.74) is 0.402. The van der Waals surface area contributed by atoms with Crippen molar-refractivity contribution >= 4 is 5.91 Å². The number of benzene rings is 1. The molecule has 0 spiro atoms. The van der Waals surface area contributed by atoms with E-state index in [0.29, 0.717) is 11.6 Å². The smallest absolute Gasteiger partial charge is 0.257 e. The first-order valence-corrected chi connectivity index (χ1v) is 6.64. The van der Waals surface area contributed by atoms with Crippen molar-refractivity contribution in [2.24, 2.45) is 5.92 Å². The molecule has 1 saturated carbocycles. The van der Waals surface area contributed by atoms with Gasteiger partial charge in [0.1, 0.15) is 5.75 Å². The van der Waals surface area contributed by atoms with Gasteiger partial charge in [0.05, 0.1) is 5.56 Å². The van der Waals surface area contributed by atoms with Gasteiger partial charge in [-0.15, -0.1) is 0 Å². The Hall–Kier alpha value is -1.51. The van der Waals surface area contributed by atoms with Gasteiger partial charge in [0.25, 0.3) is 5.91 Å². The SMILES string of the molecule is CC1CCC(N(C)C(=O)c2ccccc2O)CC1. The summed E-state index contributed by atoms with van der Waals surface area (Å²) in [6, 6.07) is 7.07. The van der Waals surface area contributed by atoms with Crippen LogP contribution < -0.4 is 0 Å². The summed E-state index contributed by atoms with van der Waals surface area (Å²) in [4.78, 5) is 14.1. The quantitative estimate of drug-likeness (QED) is 0.872. The number of phenolic OH excluding ortho intramolecular Hbond substituents is 1. The summed E-state index contributed by atoms with van der Waals surface area (Å²) < 4.78 is 0. The molecule has 1 aliphatic carbocycles. The topological polar surface area (TPSA) is 40.5 Å². The lowest BCUT2D eigenvalue weighted by Gasteiger charge is -2.33. The Bertz CT molecular complexity index is 422. The van der Waals surface area contributed by atoms with E-state index in [-0.39, 0.29) is 11.7 Å². The second kappa shape index (κ2) is 5.42. The zero-order valence-corrected chi connectivity index (χ0v) is 11.1. The van der Waals surface area contributed by atoms with Crippen LogP contribution in [0.25, 0.3) is 0 Å². The van der Waals surface area contributed by atoms with Gasteiger partial charge in [0, 0.05) is 13.1 Å². The number of hydrogen-bond donors (Lipinski definition) is 1. The van der Waals surface area contributed by atoms with Crippen molar-refractivity contribution in [3.8, 4) is 5.75 Å². The molecule has 18 heavy (non-hydrogen) atoms. The van der Waals surface area contributed by atoms with E-state index in [0.717, 1.165) is 18.8 Å². The van der Waals surface area contributed by atoms with Crippen LogP contribution in [0.15, 0.2) is 24.3 Å². The van der Waals surface area contributed by atoms with E-state index < -0.39 is 0 Å². The molecule has 1 fully saturated rings. The van der Waals surface area contributed by atoms with E-state index in [9.17, 15) is 9.90 Å². The number of carbonyl (C=O) groups is 1. The predicted octanol–water partition coefficient (Wildman–Crippen LogP) is 3.04. The van der Waals surface area contributed by atoms with Crippen LogP contribution >= 0.6 is 0 Å². The molecule has 1 aromatic carbocycles. The maximum Gasteiger partial charge on any atom is 0.257 e. The number of amides is 1. The minimum atomic E-state index is -0.0762. The van der Waals surface area contributed by atoms with Crippen LogP contribution in [0.3, 0.4) is 0 Å². The molecule has 0 unspecified atom stereocenters. The molecule has 0 aromatic heterocycles. The number of para-hydroxylation sites is 1. The third kappa shape index (κ3) is 2.66. The third-order valence-corrected chi connectivity index (χ3v) is 3.99. The van der Waals surface area contributed by atoms with Gasteiger partial charge < -0.3 is 10.0 Å². The summed E-state index contributed by atoms with van der Waals surface area (Å²) in [6.07, 6.45) is 4.50. The van der Waals surface area contributed by atoms with Crippen molar-refractivity contribution in [2.75, 3.05) is 7.05 Å². The normalized spacial score (nSPS) is 23.7. The first kappa shape index (κ1) is 12.9. The van der Waals surface area contributed by atoms with E-state index in [4.69, 9.17) is 0 Å². The van der Waals surface area contributed by atoms with Crippen molar-refractivity contribution < 1.29 is 9.90 Å². The fourth-order valence-electron chi connectivity index (χ4n) is 2.64. The summed E-state index contributed by atoms with van der Waals surface area (Å²) in [5.74, 6) is 0.765. The van der Waals surface area contributed by atoms with Crippen LogP contribution in [-0.4, -0.2) is 29.0 Å². The zero-order valence-electron chi connectivity index (χ0n) is 11.1. The molecule has 3 heteroatoms. The molecule has 2 rings (SSSR count). The van der Waals surface area contributed by atoms with Crippen molar-refractivity contribution in [3.05, 3.63) is 29.8 Å². The summed E-state index contributed by atoms with van der Waals surface area (Å²) >= 11 is 0. The van der Waals surface area contributed by atoms with Crippen molar-refractivity contribution in [2.45, 2.75) is 38.6 Å². The van der Waals surface area contributed by atoms with Crippen LogP contribution in [0.4, 0.5) is 0 Å². The number of nitrogens with zero attached hydrogens (tertiary/aromatic N) is 1. The summed E-state index contributed by atoms with van der Waals surface area (Å²) in [6.45, 7) is 2.26. The number of hydrogen-bond acceptors (Lipinski definition) is 2. The highest BCUT2D eigenvalue weighted by Crippen LogP contribution is 2.28. The Morgan fingerprint density at radius 3 is 2.44 bits per heavy atom. The second-order valence-corrected chi connectivity index (χ2v) is 5.35. The highest BCUT2D eigenvalue weighted by atomic mass is 16.3. The van der Waals surface area contributed by atoms with Gasteiger partial charge in [-0.1, -0.05) is 19.1 Å². The molecule has 98 valence electrons. The first-order chi connectivity index (χ1) is 8.59. The molecular weight excluding hydrogens is 226 g/mol. The molecule has 1 aromatic rings. The lowest BCUT2D eigenvalue weighted by atomic mass is 9.86. The number of rotatable bonds is 2. The maximum absolute atomic E-state index is 12.3. The fourth-order valence-corrected chi connectivity index (χ4v) is 2.64. The van der Waals surface area contributed by atoms with Crippen molar-refractivity contribution in [3.63, 3.8) is 0 Å². The first-order valence-electron chi connectivity index (χ1n) is 6.64. The predicted molar refractivity (Wildman–Crippen MR) is 71.6 cm³/mol. The van der Waals surface area contributed by atoms with E-state index in [1.54, 1.807) is 29.2 Å². The average Bonchev–Trinajstić information content (AvgIpc) is 2.38. The Morgan fingerprint density at radius 1 is 1.22 bits per heavy atom. The molecule has 0 saturated heterocycles. The van der Waals surface area contributed by atoms with E-state index in [1.165, 1.54) is 12.8 Å². The van der Waals surface area contributed by atoms with Crippen LogP contribution in [0.1, 0.15) is 43.0 Å². The van der Waals surface area contributed by atoms with Gasteiger partial charge in [0.15, 0.2) is 0 Å². The Labute approximate surface area is 108 Å². The molecule has 0 radical (unpaired) electrons. The Morgan fingerprint density at radius 2 is 1.83 bits per heavy atom. The molecule has 1 amide bonds. The molecule has 3 nitrogen and oxygen atoms in total. The molecule has 0 bridgehead atoms. The van der Waals surface area contributed by atoms with Gasteiger partial charge in [-0.2, -0.15) is 0 Å². The maximum atomic E-state index is 12.3.